The second-order valence-corrected chi connectivity index (χ2v) is 8.13. The molecular formula is C24H23F3N4O4. The molecule has 0 atom stereocenters. The summed E-state index contributed by atoms with van der Waals surface area (Å²) in [7, 11) is 0. The summed E-state index contributed by atoms with van der Waals surface area (Å²) >= 11 is 0. The van der Waals surface area contributed by atoms with Crippen molar-refractivity contribution in [1.82, 2.24) is 15.1 Å². The third-order valence-corrected chi connectivity index (χ3v) is 5.33. The van der Waals surface area contributed by atoms with Crippen LogP contribution in [0.15, 0.2) is 48.5 Å². The van der Waals surface area contributed by atoms with Crippen LogP contribution < -0.4 is 15.4 Å². The topological polar surface area (TPSA) is 105 Å². The van der Waals surface area contributed by atoms with Crippen molar-refractivity contribution < 1.29 is 32.6 Å². The molecule has 1 aliphatic rings. The smallest absolute Gasteiger partial charge is 0.507 e. The van der Waals surface area contributed by atoms with E-state index in [9.17, 15) is 27.9 Å². The fourth-order valence-corrected chi connectivity index (χ4v) is 3.50. The largest absolute Gasteiger partial charge is 0.573 e. The third kappa shape index (κ3) is 5.92. The van der Waals surface area contributed by atoms with E-state index in [0.29, 0.717) is 17.8 Å². The minimum Gasteiger partial charge on any atom is -0.507 e. The molecule has 0 radical (unpaired) electrons. The predicted octanol–water partition coefficient (Wildman–Crippen LogP) is 5.25. The number of hydrogen-bond acceptors (Lipinski definition) is 5. The maximum atomic E-state index is 12.5. The average molecular weight is 488 g/mol. The lowest BCUT2D eigenvalue weighted by Gasteiger charge is -2.10. The van der Waals surface area contributed by atoms with Gasteiger partial charge in [0.05, 0.1) is 11.4 Å². The molecule has 184 valence electrons. The van der Waals surface area contributed by atoms with Crippen molar-refractivity contribution in [3.05, 3.63) is 59.8 Å². The molecule has 0 saturated heterocycles. The summed E-state index contributed by atoms with van der Waals surface area (Å²) in [6, 6.07) is 10.4. The fourth-order valence-electron chi connectivity index (χ4n) is 3.50. The zero-order chi connectivity index (χ0) is 25.2. The number of halogens is 3. The Balaban J connectivity index is 1.49. The summed E-state index contributed by atoms with van der Waals surface area (Å²) in [5, 5.41) is 20.4. The second kappa shape index (κ2) is 9.69. The van der Waals surface area contributed by atoms with Crippen molar-refractivity contribution in [2.45, 2.75) is 38.5 Å². The fraction of sp³-hybridized carbons (Fsp3) is 0.292. The maximum absolute atomic E-state index is 12.5. The van der Waals surface area contributed by atoms with Crippen molar-refractivity contribution in [2.75, 3.05) is 11.9 Å². The van der Waals surface area contributed by atoms with Crippen LogP contribution in [-0.2, 0) is 0 Å². The molecule has 1 aliphatic carbocycles. The second-order valence-electron chi connectivity index (χ2n) is 8.13. The normalized spacial score (nSPS) is 13.4. The number of phenolic OH excluding ortho intramolecular Hbond substituents is 1. The summed E-state index contributed by atoms with van der Waals surface area (Å²) in [5.41, 5.74) is 1.97. The Bertz CT molecular complexity index is 1230. The lowest BCUT2D eigenvalue weighted by Crippen LogP contribution is -2.31. The van der Waals surface area contributed by atoms with E-state index >= 15 is 0 Å². The van der Waals surface area contributed by atoms with Crippen LogP contribution in [0.5, 0.6) is 11.5 Å². The van der Waals surface area contributed by atoms with Crippen LogP contribution in [0.4, 0.5) is 23.7 Å². The molecule has 1 heterocycles. The number of aromatic hydroxyl groups is 1. The molecule has 0 aliphatic heterocycles. The molecule has 8 nitrogen and oxygen atoms in total. The summed E-state index contributed by atoms with van der Waals surface area (Å²) in [6.45, 7) is 2.47. The van der Waals surface area contributed by atoms with Gasteiger partial charge in [-0.2, -0.15) is 9.78 Å². The number of benzene rings is 2. The number of alkyl halides is 3. The first kappa shape index (κ1) is 24.1. The zero-order valence-electron chi connectivity index (χ0n) is 18.7. The number of ether oxygens (including phenoxy) is 1. The van der Waals surface area contributed by atoms with E-state index in [0.717, 1.165) is 37.1 Å². The van der Waals surface area contributed by atoms with Gasteiger partial charge in [-0.05, 0) is 61.7 Å². The first-order valence-electron chi connectivity index (χ1n) is 11.0. The monoisotopic (exact) mass is 488 g/mol. The molecule has 1 fully saturated rings. The number of aromatic nitrogens is 2. The first-order chi connectivity index (χ1) is 16.6. The van der Waals surface area contributed by atoms with Gasteiger partial charge in [0.2, 0.25) is 0 Å². The molecule has 0 spiro atoms. The molecule has 0 bridgehead atoms. The van der Waals surface area contributed by atoms with E-state index in [1.165, 1.54) is 22.9 Å². The molecule has 35 heavy (non-hydrogen) atoms. The van der Waals surface area contributed by atoms with E-state index in [1.54, 1.807) is 18.2 Å². The van der Waals surface area contributed by atoms with Crippen LogP contribution in [0.3, 0.4) is 0 Å². The summed E-state index contributed by atoms with van der Waals surface area (Å²) in [5.74, 6) is -0.928. The summed E-state index contributed by atoms with van der Waals surface area (Å²) < 4.78 is 42.0. The number of nitrogens with one attached hydrogen (secondary N) is 2. The quantitative estimate of drug-likeness (QED) is 0.421. The van der Waals surface area contributed by atoms with Crippen molar-refractivity contribution in [1.29, 1.82) is 0 Å². The molecule has 11 heteroatoms. The Hall–Kier alpha value is -4.02. The van der Waals surface area contributed by atoms with Gasteiger partial charge in [0.15, 0.2) is 0 Å². The molecule has 1 saturated carbocycles. The highest BCUT2D eigenvalue weighted by Crippen LogP contribution is 2.42. The van der Waals surface area contributed by atoms with E-state index in [1.807, 2.05) is 6.92 Å². The number of carbonyl (C=O) groups excluding carboxylic acids is 2. The lowest BCUT2D eigenvalue weighted by atomic mass is 10.1. The van der Waals surface area contributed by atoms with Crippen LogP contribution in [-0.4, -0.2) is 39.7 Å². The number of amides is 2. The number of phenols is 1. The van der Waals surface area contributed by atoms with Crippen molar-refractivity contribution in [3.63, 3.8) is 0 Å². The van der Waals surface area contributed by atoms with Gasteiger partial charge in [-0.25, -0.2) is 4.79 Å². The predicted molar refractivity (Wildman–Crippen MR) is 121 cm³/mol. The van der Waals surface area contributed by atoms with Crippen molar-refractivity contribution >= 4 is 17.6 Å². The number of nitrogens with zero attached hydrogens (tertiary/aromatic N) is 2. The minimum atomic E-state index is -4.82. The SMILES string of the molecule is CCCNC(=O)n1nc(-c2ccc(NC(=O)c3ccc(OC(F)(F)F)cc3)cc2O)cc1C1CC1. The highest BCUT2D eigenvalue weighted by Gasteiger charge is 2.31. The molecule has 3 aromatic rings. The number of rotatable bonds is 7. The Morgan fingerprint density at radius 1 is 1.14 bits per heavy atom. The Kier molecular flexibility index (Phi) is 6.68. The molecule has 0 unspecified atom stereocenters. The van der Waals surface area contributed by atoms with Gasteiger partial charge >= 0.3 is 12.4 Å². The van der Waals surface area contributed by atoms with Gasteiger partial charge < -0.3 is 20.5 Å². The standard InChI is InChI=1S/C24H23F3N4O4/c1-2-11-28-23(34)31-20(14-3-4-14)13-19(30-31)18-10-7-16(12-21(18)32)29-22(33)15-5-8-17(9-6-15)35-24(25,26)27/h5-10,12-14,32H,2-4,11H2,1H3,(H,28,34)(H,29,33). The van der Waals surface area contributed by atoms with Crippen LogP contribution in [0.2, 0.25) is 0 Å². The van der Waals surface area contributed by atoms with Crippen LogP contribution in [0.25, 0.3) is 11.3 Å². The maximum Gasteiger partial charge on any atom is 0.573 e. The van der Waals surface area contributed by atoms with Gasteiger partial charge in [-0.15, -0.1) is 13.2 Å². The molecule has 1 aromatic heterocycles. The van der Waals surface area contributed by atoms with Crippen molar-refractivity contribution in [3.8, 4) is 22.8 Å². The highest BCUT2D eigenvalue weighted by atomic mass is 19.4. The van der Waals surface area contributed by atoms with E-state index < -0.39 is 18.0 Å². The Morgan fingerprint density at radius 2 is 1.86 bits per heavy atom. The lowest BCUT2D eigenvalue weighted by molar-refractivity contribution is -0.274. The van der Waals surface area contributed by atoms with Crippen LogP contribution >= 0.6 is 0 Å². The average Bonchev–Trinajstić information content (AvgIpc) is 3.55. The van der Waals surface area contributed by atoms with E-state index in [-0.39, 0.29) is 28.9 Å². The number of hydrogen-bond donors (Lipinski definition) is 3. The zero-order valence-corrected chi connectivity index (χ0v) is 18.7. The summed E-state index contributed by atoms with van der Waals surface area (Å²) in [6.07, 6.45) is -2.10. The van der Waals surface area contributed by atoms with Crippen LogP contribution in [0.1, 0.15) is 48.2 Å². The Labute approximate surface area is 198 Å². The molecule has 2 aromatic carbocycles. The van der Waals surface area contributed by atoms with Gasteiger partial charge in [0.1, 0.15) is 11.5 Å². The Morgan fingerprint density at radius 3 is 2.46 bits per heavy atom. The molecule has 3 N–H and O–H groups in total. The van der Waals surface area contributed by atoms with Crippen molar-refractivity contribution in [2.24, 2.45) is 0 Å². The minimum absolute atomic E-state index is 0.106. The summed E-state index contributed by atoms with van der Waals surface area (Å²) in [4.78, 5) is 25.0. The van der Waals surface area contributed by atoms with Gasteiger partial charge in [0.25, 0.3) is 5.91 Å². The highest BCUT2D eigenvalue weighted by molar-refractivity contribution is 6.04. The first-order valence-corrected chi connectivity index (χ1v) is 11.0. The molecule has 2 amide bonds. The van der Waals surface area contributed by atoms with Gasteiger partial charge in [0, 0.05) is 35.3 Å². The number of anilines is 1. The molecule has 4 rings (SSSR count). The van der Waals surface area contributed by atoms with E-state index in [2.05, 4.69) is 20.5 Å². The van der Waals surface area contributed by atoms with E-state index in [4.69, 9.17) is 0 Å². The third-order valence-electron chi connectivity index (χ3n) is 5.33. The van der Waals surface area contributed by atoms with Gasteiger partial charge in [-0.3, -0.25) is 4.79 Å². The number of carbonyl (C=O) groups is 2. The molecular weight excluding hydrogens is 465 g/mol. The van der Waals surface area contributed by atoms with Gasteiger partial charge in [-0.1, -0.05) is 6.92 Å². The van der Waals surface area contributed by atoms with Crippen LogP contribution in [0, 0.1) is 0 Å².